The molecule has 2 aromatic carbocycles. The highest BCUT2D eigenvalue weighted by Gasteiger charge is 2.01. The molecule has 1 N–H and O–H groups in total. The number of aliphatic hydroxyl groups excluding tert-OH is 1. The topological polar surface area (TPSA) is 38.7 Å². The molecule has 0 radical (unpaired) electrons. The Morgan fingerprint density at radius 1 is 0.818 bits per heavy atom. The SMILES string of the molecule is OCCCOc1cccc(-c2ccc(OCCCCl)cc2)c1. The molecule has 4 heteroatoms. The smallest absolute Gasteiger partial charge is 0.119 e. The van der Waals surface area contributed by atoms with Crippen LogP contribution in [0.25, 0.3) is 11.1 Å². The molecular weight excluding hydrogens is 300 g/mol. The highest BCUT2D eigenvalue weighted by Crippen LogP contribution is 2.26. The van der Waals surface area contributed by atoms with Gasteiger partial charge < -0.3 is 14.6 Å². The molecule has 0 saturated carbocycles. The van der Waals surface area contributed by atoms with Crippen LogP contribution >= 0.6 is 11.6 Å². The standard InChI is InChI=1S/C18H21ClO3/c19-10-2-12-21-17-8-6-15(7-9-17)16-4-1-5-18(14-16)22-13-3-11-20/h1,4-9,14,20H,2-3,10-13H2. The zero-order valence-corrected chi connectivity index (χ0v) is 13.3. The number of ether oxygens (including phenoxy) is 2. The number of hydrogen-bond donors (Lipinski definition) is 1. The normalized spacial score (nSPS) is 10.5. The van der Waals surface area contributed by atoms with Crippen molar-refractivity contribution >= 4 is 11.6 Å². The molecule has 0 bridgehead atoms. The number of halogens is 1. The van der Waals surface area contributed by atoms with E-state index in [1.807, 2.05) is 48.5 Å². The third-order valence-corrected chi connectivity index (χ3v) is 3.41. The van der Waals surface area contributed by atoms with Crippen molar-refractivity contribution in [3.05, 3.63) is 48.5 Å². The molecule has 0 spiro atoms. The van der Waals surface area contributed by atoms with E-state index in [9.17, 15) is 0 Å². The molecule has 0 aliphatic rings. The summed E-state index contributed by atoms with van der Waals surface area (Å²) in [6, 6.07) is 15.9. The van der Waals surface area contributed by atoms with Gasteiger partial charge in [0.15, 0.2) is 0 Å². The zero-order valence-electron chi connectivity index (χ0n) is 12.5. The molecule has 0 amide bonds. The molecule has 0 fully saturated rings. The first-order valence-electron chi connectivity index (χ1n) is 7.46. The molecule has 0 aliphatic heterocycles. The maximum atomic E-state index is 8.78. The number of alkyl halides is 1. The van der Waals surface area contributed by atoms with E-state index in [4.69, 9.17) is 26.2 Å². The van der Waals surface area contributed by atoms with Gasteiger partial charge in [0, 0.05) is 18.9 Å². The molecule has 118 valence electrons. The predicted octanol–water partition coefficient (Wildman–Crippen LogP) is 4.12. The first kappa shape index (κ1) is 16.7. The van der Waals surface area contributed by atoms with Crippen LogP contribution in [0.4, 0.5) is 0 Å². The average Bonchev–Trinajstić information content (AvgIpc) is 2.56. The van der Waals surface area contributed by atoms with Gasteiger partial charge in [-0.1, -0.05) is 24.3 Å². The molecule has 0 aromatic heterocycles. The summed E-state index contributed by atoms with van der Waals surface area (Å²) in [5, 5.41) is 8.78. The van der Waals surface area contributed by atoms with Crippen molar-refractivity contribution in [2.45, 2.75) is 12.8 Å². The van der Waals surface area contributed by atoms with E-state index in [1.165, 1.54) is 0 Å². The Labute approximate surface area is 136 Å². The van der Waals surface area contributed by atoms with Gasteiger partial charge in [-0.15, -0.1) is 11.6 Å². The van der Waals surface area contributed by atoms with Crippen molar-refractivity contribution in [1.29, 1.82) is 0 Å². The van der Waals surface area contributed by atoms with Gasteiger partial charge in [0.05, 0.1) is 13.2 Å². The Morgan fingerprint density at radius 3 is 2.27 bits per heavy atom. The summed E-state index contributed by atoms with van der Waals surface area (Å²) in [6.45, 7) is 1.30. The third kappa shape index (κ3) is 5.24. The summed E-state index contributed by atoms with van der Waals surface area (Å²) in [4.78, 5) is 0. The minimum Gasteiger partial charge on any atom is -0.494 e. The van der Waals surface area contributed by atoms with E-state index in [0.29, 0.717) is 25.5 Å². The molecule has 0 heterocycles. The van der Waals surface area contributed by atoms with Crippen LogP contribution in [0.2, 0.25) is 0 Å². The molecule has 0 aliphatic carbocycles. The molecule has 0 saturated heterocycles. The zero-order chi connectivity index (χ0) is 15.6. The van der Waals surface area contributed by atoms with Crippen LogP contribution in [0.5, 0.6) is 11.5 Å². The minimum atomic E-state index is 0.144. The molecule has 0 atom stereocenters. The van der Waals surface area contributed by atoms with Gasteiger partial charge in [0.1, 0.15) is 11.5 Å². The Balaban J connectivity index is 2.00. The summed E-state index contributed by atoms with van der Waals surface area (Å²) in [5.41, 5.74) is 2.20. The van der Waals surface area contributed by atoms with Crippen molar-refractivity contribution < 1.29 is 14.6 Å². The van der Waals surface area contributed by atoms with Crippen LogP contribution in [0.15, 0.2) is 48.5 Å². The summed E-state index contributed by atoms with van der Waals surface area (Å²) in [6.07, 6.45) is 1.48. The second kappa shape index (κ2) is 9.34. The van der Waals surface area contributed by atoms with Crippen LogP contribution in [-0.2, 0) is 0 Å². The van der Waals surface area contributed by atoms with Crippen molar-refractivity contribution in [2.75, 3.05) is 25.7 Å². The quantitative estimate of drug-likeness (QED) is 0.558. The third-order valence-electron chi connectivity index (χ3n) is 3.14. The van der Waals surface area contributed by atoms with Gasteiger partial charge in [0.25, 0.3) is 0 Å². The van der Waals surface area contributed by atoms with Crippen molar-refractivity contribution in [3.8, 4) is 22.6 Å². The molecule has 2 rings (SSSR count). The molecule has 22 heavy (non-hydrogen) atoms. The number of hydrogen-bond acceptors (Lipinski definition) is 3. The van der Waals surface area contributed by atoms with Gasteiger partial charge in [-0.05, 0) is 41.8 Å². The number of benzene rings is 2. The second-order valence-corrected chi connectivity index (χ2v) is 5.25. The highest BCUT2D eigenvalue weighted by molar-refractivity contribution is 6.17. The fraction of sp³-hybridized carbons (Fsp3) is 0.333. The summed E-state index contributed by atoms with van der Waals surface area (Å²) in [7, 11) is 0. The van der Waals surface area contributed by atoms with Crippen LogP contribution in [-0.4, -0.2) is 30.8 Å². The first-order chi connectivity index (χ1) is 10.8. The number of rotatable bonds is 9. The lowest BCUT2D eigenvalue weighted by molar-refractivity contribution is 0.233. The van der Waals surface area contributed by atoms with Crippen molar-refractivity contribution in [3.63, 3.8) is 0 Å². The van der Waals surface area contributed by atoms with Gasteiger partial charge in [0.2, 0.25) is 0 Å². The van der Waals surface area contributed by atoms with Crippen LogP contribution in [0, 0.1) is 0 Å². The van der Waals surface area contributed by atoms with Crippen molar-refractivity contribution in [1.82, 2.24) is 0 Å². The van der Waals surface area contributed by atoms with Crippen LogP contribution in [0.3, 0.4) is 0 Å². The largest absolute Gasteiger partial charge is 0.494 e. The fourth-order valence-corrected chi connectivity index (χ4v) is 2.12. The van der Waals surface area contributed by atoms with Crippen LogP contribution < -0.4 is 9.47 Å². The van der Waals surface area contributed by atoms with Gasteiger partial charge in [-0.3, -0.25) is 0 Å². The Hall–Kier alpha value is -1.71. The molecule has 3 nitrogen and oxygen atoms in total. The summed E-state index contributed by atoms with van der Waals surface area (Å²) in [5.74, 6) is 2.28. The van der Waals surface area contributed by atoms with Crippen LogP contribution in [0.1, 0.15) is 12.8 Å². The minimum absolute atomic E-state index is 0.144. The maximum Gasteiger partial charge on any atom is 0.119 e. The monoisotopic (exact) mass is 320 g/mol. The van der Waals surface area contributed by atoms with Gasteiger partial charge >= 0.3 is 0 Å². The van der Waals surface area contributed by atoms with Gasteiger partial charge in [-0.2, -0.15) is 0 Å². The summed E-state index contributed by atoms with van der Waals surface area (Å²) >= 11 is 5.63. The van der Waals surface area contributed by atoms with Crippen molar-refractivity contribution in [2.24, 2.45) is 0 Å². The predicted molar refractivity (Wildman–Crippen MR) is 89.9 cm³/mol. The van der Waals surface area contributed by atoms with Gasteiger partial charge in [-0.25, -0.2) is 0 Å². The van der Waals surface area contributed by atoms with E-state index in [2.05, 4.69) is 0 Å². The average molecular weight is 321 g/mol. The lowest BCUT2D eigenvalue weighted by Crippen LogP contribution is -1.99. The van der Waals surface area contributed by atoms with E-state index in [1.54, 1.807) is 0 Å². The fourth-order valence-electron chi connectivity index (χ4n) is 2.01. The Kier molecular flexibility index (Phi) is 7.07. The second-order valence-electron chi connectivity index (χ2n) is 4.87. The number of aliphatic hydroxyl groups is 1. The van der Waals surface area contributed by atoms with E-state index in [0.717, 1.165) is 29.0 Å². The Bertz CT molecular complexity index is 555. The van der Waals surface area contributed by atoms with E-state index in [-0.39, 0.29) is 6.61 Å². The lowest BCUT2D eigenvalue weighted by atomic mass is 10.1. The molecular formula is C18H21ClO3. The lowest BCUT2D eigenvalue weighted by Gasteiger charge is -2.09. The Morgan fingerprint density at radius 2 is 1.55 bits per heavy atom. The maximum absolute atomic E-state index is 8.78. The summed E-state index contributed by atoms with van der Waals surface area (Å²) < 4.78 is 11.2. The molecule has 2 aromatic rings. The molecule has 0 unspecified atom stereocenters. The van der Waals surface area contributed by atoms with E-state index >= 15 is 0 Å². The highest BCUT2D eigenvalue weighted by atomic mass is 35.5. The first-order valence-corrected chi connectivity index (χ1v) is 8.00. The van der Waals surface area contributed by atoms with E-state index < -0.39 is 0 Å².